The Bertz CT molecular complexity index is 367. The molecule has 1 nitrogen and oxygen atoms in total. The Morgan fingerprint density at radius 1 is 1.25 bits per heavy atom. The van der Waals surface area contributed by atoms with Gasteiger partial charge in [0.15, 0.2) is 0 Å². The van der Waals surface area contributed by atoms with Crippen molar-refractivity contribution in [1.29, 1.82) is 0 Å². The molecule has 1 saturated carbocycles. The van der Waals surface area contributed by atoms with E-state index in [2.05, 4.69) is 36.1 Å². The van der Waals surface area contributed by atoms with E-state index in [1.807, 2.05) is 0 Å². The van der Waals surface area contributed by atoms with Crippen LogP contribution >= 0.6 is 0 Å². The standard InChI is InChI=1S/C15H21N/c1-2-16-11-10-12-6-3-4-9-14(12)15(16)13-7-5-8-13/h3-4,6,9,13,15H,2,5,7-8,10-11H2,1H3. The molecule has 16 heavy (non-hydrogen) atoms. The van der Waals surface area contributed by atoms with Gasteiger partial charge < -0.3 is 0 Å². The molecule has 1 heteroatoms. The number of fused-ring (bicyclic) bond motifs is 1. The molecule has 0 bridgehead atoms. The number of benzene rings is 1. The van der Waals surface area contributed by atoms with Crippen LogP contribution < -0.4 is 0 Å². The topological polar surface area (TPSA) is 3.24 Å². The van der Waals surface area contributed by atoms with E-state index >= 15 is 0 Å². The zero-order chi connectivity index (χ0) is 11.0. The first kappa shape index (κ1) is 10.3. The van der Waals surface area contributed by atoms with Crippen molar-refractivity contribution in [2.24, 2.45) is 5.92 Å². The summed E-state index contributed by atoms with van der Waals surface area (Å²) in [7, 11) is 0. The normalized spacial score (nSPS) is 26.2. The average Bonchev–Trinajstić information content (AvgIpc) is 2.27. The van der Waals surface area contributed by atoms with E-state index in [0.29, 0.717) is 0 Å². The van der Waals surface area contributed by atoms with E-state index in [1.165, 1.54) is 38.8 Å². The molecule has 0 spiro atoms. The third kappa shape index (κ3) is 1.58. The molecule has 1 aliphatic heterocycles. The molecule has 1 aromatic carbocycles. The largest absolute Gasteiger partial charge is 0.296 e. The van der Waals surface area contributed by atoms with E-state index in [9.17, 15) is 0 Å². The molecule has 1 unspecified atom stereocenters. The fourth-order valence-corrected chi connectivity index (χ4v) is 3.31. The van der Waals surface area contributed by atoms with Crippen LogP contribution in [0.2, 0.25) is 0 Å². The van der Waals surface area contributed by atoms with Gasteiger partial charge in [0, 0.05) is 12.6 Å². The Labute approximate surface area is 98.5 Å². The lowest BCUT2D eigenvalue weighted by Crippen LogP contribution is -2.41. The third-order valence-electron chi connectivity index (χ3n) is 4.44. The van der Waals surface area contributed by atoms with Gasteiger partial charge in [0.2, 0.25) is 0 Å². The quantitative estimate of drug-likeness (QED) is 0.731. The summed E-state index contributed by atoms with van der Waals surface area (Å²) >= 11 is 0. The SMILES string of the molecule is CCN1CCc2ccccc2C1C1CCC1. The van der Waals surface area contributed by atoms with Gasteiger partial charge in [-0.25, -0.2) is 0 Å². The van der Waals surface area contributed by atoms with Gasteiger partial charge in [0.25, 0.3) is 0 Å². The second-order valence-corrected chi connectivity index (χ2v) is 5.21. The summed E-state index contributed by atoms with van der Waals surface area (Å²) in [6.45, 7) is 4.77. The van der Waals surface area contributed by atoms with Crippen molar-refractivity contribution < 1.29 is 0 Å². The molecule has 1 atom stereocenters. The highest BCUT2D eigenvalue weighted by Crippen LogP contribution is 2.44. The van der Waals surface area contributed by atoms with E-state index in [0.717, 1.165) is 12.0 Å². The Morgan fingerprint density at radius 3 is 2.75 bits per heavy atom. The van der Waals surface area contributed by atoms with Crippen LogP contribution in [0.4, 0.5) is 0 Å². The zero-order valence-electron chi connectivity index (χ0n) is 10.2. The van der Waals surface area contributed by atoms with Crippen molar-refractivity contribution in [2.45, 2.75) is 38.6 Å². The van der Waals surface area contributed by atoms with Gasteiger partial charge in [-0.2, -0.15) is 0 Å². The first-order valence-electron chi connectivity index (χ1n) is 6.72. The highest BCUT2D eigenvalue weighted by molar-refractivity contribution is 5.33. The van der Waals surface area contributed by atoms with Gasteiger partial charge in [0.1, 0.15) is 0 Å². The molecule has 1 heterocycles. The number of hydrogen-bond donors (Lipinski definition) is 0. The number of nitrogens with zero attached hydrogens (tertiary/aromatic N) is 1. The Hall–Kier alpha value is -0.820. The van der Waals surface area contributed by atoms with Crippen LogP contribution in [0, 0.1) is 5.92 Å². The monoisotopic (exact) mass is 215 g/mol. The minimum absolute atomic E-state index is 0.726. The Kier molecular flexibility index (Phi) is 2.72. The maximum atomic E-state index is 2.69. The van der Waals surface area contributed by atoms with Crippen LogP contribution in [0.15, 0.2) is 24.3 Å². The van der Waals surface area contributed by atoms with Gasteiger partial charge in [-0.3, -0.25) is 4.90 Å². The van der Waals surface area contributed by atoms with Crippen molar-refractivity contribution in [3.63, 3.8) is 0 Å². The van der Waals surface area contributed by atoms with E-state index in [-0.39, 0.29) is 0 Å². The maximum absolute atomic E-state index is 2.69. The third-order valence-corrected chi connectivity index (χ3v) is 4.44. The van der Waals surface area contributed by atoms with Gasteiger partial charge in [-0.15, -0.1) is 0 Å². The van der Waals surface area contributed by atoms with Crippen molar-refractivity contribution in [2.75, 3.05) is 13.1 Å². The lowest BCUT2D eigenvalue weighted by atomic mass is 9.74. The van der Waals surface area contributed by atoms with Crippen LogP contribution in [0.3, 0.4) is 0 Å². The van der Waals surface area contributed by atoms with E-state index in [1.54, 1.807) is 11.1 Å². The van der Waals surface area contributed by atoms with Crippen molar-refractivity contribution in [3.05, 3.63) is 35.4 Å². The van der Waals surface area contributed by atoms with Crippen LogP contribution in [-0.2, 0) is 6.42 Å². The lowest BCUT2D eigenvalue weighted by molar-refractivity contribution is 0.0911. The molecule has 0 N–H and O–H groups in total. The van der Waals surface area contributed by atoms with Crippen LogP contribution in [0.1, 0.15) is 43.4 Å². The molecule has 2 aliphatic rings. The smallest absolute Gasteiger partial charge is 0.0379 e. The molecular weight excluding hydrogens is 194 g/mol. The summed E-state index contributed by atoms with van der Waals surface area (Å²) in [6.07, 6.45) is 5.57. The summed E-state index contributed by atoms with van der Waals surface area (Å²) < 4.78 is 0. The predicted molar refractivity (Wildman–Crippen MR) is 67.5 cm³/mol. The van der Waals surface area contributed by atoms with Gasteiger partial charge in [-0.05, 0) is 42.9 Å². The van der Waals surface area contributed by atoms with Gasteiger partial charge >= 0.3 is 0 Å². The van der Waals surface area contributed by atoms with E-state index in [4.69, 9.17) is 0 Å². The fourth-order valence-electron chi connectivity index (χ4n) is 3.31. The molecule has 1 aliphatic carbocycles. The summed E-state index contributed by atoms with van der Waals surface area (Å²) in [6, 6.07) is 9.82. The number of likely N-dealkylation sites (N-methyl/N-ethyl adjacent to an activating group) is 1. The molecule has 0 radical (unpaired) electrons. The van der Waals surface area contributed by atoms with Crippen molar-refractivity contribution >= 4 is 0 Å². The lowest BCUT2D eigenvalue weighted by Gasteiger charge is -2.44. The van der Waals surface area contributed by atoms with E-state index < -0.39 is 0 Å². The second kappa shape index (κ2) is 4.21. The minimum Gasteiger partial charge on any atom is -0.296 e. The van der Waals surface area contributed by atoms with Gasteiger partial charge in [-0.1, -0.05) is 37.6 Å². The summed E-state index contributed by atoms with van der Waals surface area (Å²) in [4.78, 5) is 2.69. The van der Waals surface area contributed by atoms with Crippen molar-refractivity contribution in [3.8, 4) is 0 Å². The van der Waals surface area contributed by atoms with Crippen LogP contribution in [0.5, 0.6) is 0 Å². The number of hydrogen-bond acceptors (Lipinski definition) is 1. The summed E-state index contributed by atoms with van der Waals surface area (Å²) in [5.41, 5.74) is 3.23. The maximum Gasteiger partial charge on any atom is 0.0379 e. The summed E-state index contributed by atoms with van der Waals surface area (Å²) in [5.74, 6) is 0.932. The molecule has 0 saturated heterocycles. The molecule has 3 rings (SSSR count). The number of rotatable bonds is 2. The molecule has 0 amide bonds. The minimum atomic E-state index is 0.726. The predicted octanol–water partition coefficient (Wildman–Crippen LogP) is 3.41. The Balaban J connectivity index is 1.96. The van der Waals surface area contributed by atoms with Crippen LogP contribution in [-0.4, -0.2) is 18.0 Å². The highest BCUT2D eigenvalue weighted by atomic mass is 15.2. The van der Waals surface area contributed by atoms with Crippen LogP contribution in [0.25, 0.3) is 0 Å². The second-order valence-electron chi connectivity index (χ2n) is 5.21. The molecule has 0 aromatic heterocycles. The first-order chi connectivity index (χ1) is 7.90. The zero-order valence-corrected chi connectivity index (χ0v) is 10.2. The first-order valence-corrected chi connectivity index (χ1v) is 6.72. The molecular formula is C15H21N. The van der Waals surface area contributed by atoms with Gasteiger partial charge in [0.05, 0.1) is 0 Å². The average molecular weight is 215 g/mol. The molecule has 1 fully saturated rings. The van der Waals surface area contributed by atoms with Crippen molar-refractivity contribution in [1.82, 2.24) is 4.90 Å². The fraction of sp³-hybridized carbons (Fsp3) is 0.600. The molecule has 1 aromatic rings. The molecule has 86 valence electrons. The highest BCUT2D eigenvalue weighted by Gasteiger charge is 2.35. The summed E-state index contributed by atoms with van der Waals surface area (Å²) in [5, 5.41) is 0. The Morgan fingerprint density at radius 2 is 2.06 bits per heavy atom.